The first kappa shape index (κ1) is 23.9. The number of rotatable bonds is 7. The molecule has 0 bridgehead atoms. The predicted octanol–water partition coefficient (Wildman–Crippen LogP) is 2.97. The molecule has 5 rings (SSSR count). The monoisotopic (exact) mass is 506 g/mol. The Kier molecular flexibility index (Phi) is 6.96. The molecule has 1 aliphatic heterocycles. The van der Waals surface area contributed by atoms with Crippen LogP contribution in [0.15, 0.2) is 37.1 Å². The molecule has 1 unspecified atom stereocenters. The molecule has 0 aliphatic carbocycles. The summed E-state index contributed by atoms with van der Waals surface area (Å²) >= 11 is 1.63. The average molecular weight is 507 g/mol. The fourth-order valence-electron chi connectivity index (χ4n) is 3.85. The summed E-state index contributed by atoms with van der Waals surface area (Å²) in [6, 6.07) is 2.07. The van der Waals surface area contributed by atoms with Crippen molar-refractivity contribution < 1.29 is 14.3 Å². The summed E-state index contributed by atoms with van der Waals surface area (Å²) in [4.78, 5) is 43.6. The zero-order valence-electron chi connectivity index (χ0n) is 20.3. The molecule has 4 aromatic heterocycles. The molecule has 4 aromatic rings. The summed E-state index contributed by atoms with van der Waals surface area (Å²) in [5.41, 5.74) is 2.18. The van der Waals surface area contributed by atoms with Crippen LogP contribution in [0, 0.1) is 6.92 Å². The quantitative estimate of drug-likeness (QED) is 0.344. The van der Waals surface area contributed by atoms with E-state index in [2.05, 4.69) is 35.9 Å². The maximum absolute atomic E-state index is 11.8. The molecule has 1 saturated heterocycles. The van der Waals surface area contributed by atoms with Crippen LogP contribution in [0.5, 0.6) is 0 Å². The fourth-order valence-corrected chi connectivity index (χ4v) is 4.88. The number of carbonyl (C=O) groups excluding carboxylic acids is 1. The van der Waals surface area contributed by atoms with Gasteiger partial charge in [-0.15, -0.1) is 11.3 Å². The van der Waals surface area contributed by atoms with Gasteiger partial charge < -0.3 is 19.3 Å². The lowest BCUT2D eigenvalue weighted by molar-refractivity contribution is 0.0388. The van der Waals surface area contributed by atoms with Gasteiger partial charge in [-0.2, -0.15) is 0 Å². The van der Waals surface area contributed by atoms with Gasteiger partial charge >= 0.3 is 5.97 Å². The van der Waals surface area contributed by atoms with E-state index in [4.69, 9.17) is 14.5 Å². The van der Waals surface area contributed by atoms with Gasteiger partial charge in [-0.1, -0.05) is 0 Å². The molecule has 36 heavy (non-hydrogen) atoms. The zero-order valence-corrected chi connectivity index (χ0v) is 21.1. The molecule has 0 amide bonds. The summed E-state index contributed by atoms with van der Waals surface area (Å²) < 4.78 is 11.9. The van der Waals surface area contributed by atoms with E-state index in [0.29, 0.717) is 50.3 Å². The molecular weight excluding hydrogens is 480 g/mol. The van der Waals surface area contributed by atoms with Crippen LogP contribution < -0.4 is 9.80 Å². The van der Waals surface area contributed by atoms with Crippen LogP contribution in [0.25, 0.3) is 10.2 Å². The largest absolute Gasteiger partial charge is 0.462 e. The Morgan fingerprint density at radius 3 is 2.69 bits per heavy atom. The molecule has 0 radical (unpaired) electrons. The molecule has 0 aromatic carbocycles. The Hall–Kier alpha value is -3.77. The number of hydrogen-bond acceptors (Lipinski definition) is 12. The van der Waals surface area contributed by atoms with Crippen LogP contribution in [-0.2, 0) is 16.0 Å². The summed E-state index contributed by atoms with van der Waals surface area (Å²) in [5.74, 6) is 1.51. The van der Waals surface area contributed by atoms with Crippen LogP contribution in [0.4, 0.5) is 11.9 Å². The molecule has 1 aliphatic rings. The smallest absolute Gasteiger partial charge is 0.341 e. The van der Waals surface area contributed by atoms with Crippen LogP contribution in [0.3, 0.4) is 0 Å². The molecule has 12 heteroatoms. The number of anilines is 2. The zero-order chi connectivity index (χ0) is 25.1. The molecule has 0 saturated carbocycles. The van der Waals surface area contributed by atoms with Crippen molar-refractivity contribution in [2.75, 3.05) is 43.2 Å². The summed E-state index contributed by atoms with van der Waals surface area (Å²) in [6.45, 7) is 6.46. The van der Waals surface area contributed by atoms with E-state index in [0.717, 1.165) is 26.5 Å². The van der Waals surface area contributed by atoms with Gasteiger partial charge in [-0.25, -0.2) is 34.7 Å². The summed E-state index contributed by atoms with van der Waals surface area (Å²) in [6.07, 6.45) is 8.35. The Labute approximate surface area is 212 Å². The first-order chi connectivity index (χ1) is 17.5. The summed E-state index contributed by atoms with van der Waals surface area (Å²) in [5, 5.41) is 0. The fraction of sp³-hybridized carbons (Fsp3) is 0.375. The van der Waals surface area contributed by atoms with Crippen molar-refractivity contribution in [3.05, 3.63) is 58.9 Å². The van der Waals surface area contributed by atoms with Gasteiger partial charge in [-0.05, 0) is 19.9 Å². The maximum Gasteiger partial charge on any atom is 0.341 e. The van der Waals surface area contributed by atoms with Crippen LogP contribution >= 0.6 is 11.3 Å². The van der Waals surface area contributed by atoms with Crippen molar-refractivity contribution in [3.8, 4) is 0 Å². The van der Waals surface area contributed by atoms with E-state index in [1.165, 1.54) is 12.4 Å². The number of esters is 1. The number of fused-ring (bicyclic) bond motifs is 1. The Balaban J connectivity index is 1.27. The lowest BCUT2D eigenvalue weighted by Gasteiger charge is -2.32. The third kappa shape index (κ3) is 5.24. The first-order valence-electron chi connectivity index (χ1n) is 11.6. The SMILES string of the molecule is CCOC(=O)c1cnc(N(C)Cc2cc3nc(N4CCOC(c5cnc(C)nc5)C4)ncc3s2)nc1. The highest BCUT2D eigenvalue weighted by atomic mass is 32.1. The average Bonchev–Trinajstić information content (AvgIpc) is 3.31. The van der Waals surface area contributed by atoms with Gasteiger partial charge in [0.1, 0.15) is 11.9 Å². The highest BCUT2D eigenvalue weighted by molar-refractivity contribution is 7.19. The highest BCUT2D eigenvalue weighted by Crippen LogP contribution is 2.29. The predicted molar refractivity (Wildman–Crippen MR) is 135 cm³/mol. The normalized spacial score (nSPS) is 15.8. The number of morpholine rings is 1. The molecular formula is C24H26N8O3S. The number of aromatic nitrogens is 6. The summed E-state index contributed by atoms with van der Waals surface area (Å²) in [7, 11) is 1.91. The molecule has 11 nitrogen and oxygen atoms in total. The Morgan fingerprint density at radius 1 is 1.17 bits per heavy atom. The van der Waals surface area contributed by atoms with Crippen LogP contribution in [0.2, 0.25) is 0 Å². The topological polar surface area (TPSA) is 119 Å². The molecule has 0 spiro atoms. The number of carbonyl (C=O) groups is 1. The number of hydrogen-bond donors (Lipinski definition) is 0. The number of aryl methyl sites for hydroxylation is 1. The van der Waals surface area contributed by atoms with Crippen molar-refractivity contribution in [3.63, 3.8) is 0 Å². The minimum absolute atomic E-state index is 0.124. The molecule has 1 fully saturated rings. The molecule has 186 valence electrons. The van der Waals surface area contributed by atoms with Crippen molar-refractivity contribution in [2.45, 2.75) is 26.5 Å². The first-order valence-corrected chi connectivity index (χ1v) is 12.4. The van der Waals surface area contributed by atoms with E-state index in [1.54, 1.807) is 18.3 Å². The number of thiophene rings is 1. The molecule has 0 N–H and O–H groups in total. The lowest BCUT2D eigenvalue weighted by atomic mass is 10.1. The third-order valence-electron chi connectivity index (χ3n) is 5.71. The van der Waals surface area contributed by atoms with E-state index in [-0.39, 0.29) is 6.10 Å². The standard InChI is InChI=1S/C24H26N8O3S/c1-4-34-22(33)17-10-27-23(28-11-17)31(3)13-18-7-19-21(36-18)12-29-24(30-19)32-5-6-35-20(14-32)16-8-25-15(2)26-9-16/h7-12,20H,4-6,13-14H2,1-3H3. The minimum atomic E-state index is -0.427. The Bertz CT molecular complexity index is 1350. The maximum atomic E-state index is 11.8. The second-order valence-electron chi connectivity index (χ2n) is 8.35. The number of nitrogens with zero attached hydrogens (tertiary/aromatic N) is 8. The Morgan fingerprint density at radius 2 is 1.94 bits per heavy atom. The van der Waals surface area contributed by atoms with Gasteiger partial charge in [0, 0.05) is 48.8 Å². The van der Waals surface area contributed by atoms with E-state index in [9.17, 15) is 4.79 Å². The van der Waals surface area contributed by atoms with Crippen molar-refractivity contribution in [2.24, 2.45) is 0 Å². The van der Waals surface area contributed by atoms with Gasteiger partial charge in [0.25, 0.3) is 0 Å². The van der Waals surface area contributed by atoms with Crippen LogP contribution in [0.1, 0.15) is 39.7 Å². The third-order valence-corrected chi connectivity index (χ3v) is 6.76. The highest BCUT2D eigenvalue weighted by Gasteiger charge is 2.25. The van der Waals surface area contributed by atoms with Crippen molar-refractivity contribution >= 4 is 39.4 Å². The second-order valence-corrected chi connectivity index (χ2v) is 9.52. The van der Waals surface area contributed by atoms with E-state index < -0.39 is 5.97 Å². The van der Waals surface area contributed by atoms with E-state index >= 15 is 0 Å². The minimum Gasteiger partial charge on any atom is -0.462 e. The van der Waals surface area contributed by atoms with Gasteiger partial charge in [0.15, 0.2) is 0 Å². The van der Waals surface area contributed by atoms with E-state index in [1.807, 2.05) is 37.5 Å². The number of ether oxygens (including phenoxy) is 2. The van der Waals surface area contributed by atoms with Crippen molar-refractivity contribution in [1.29, 1.82) is 0 Å². The van der Waals surface area contributed by atoms with Crippen molar-refractivity contribution in [1.82, 2.24) is 29.9 Å². The molecule has 5 heterocycles. The van der Waals surface area contributed by atoms with Crippen LogP contribution in [-0.4, -0.2) is 69.2 Å². The van der Waals surface area contributed by atoms with Gasteiger partial charge in [-0.3, -0.25) is 0 Å². The second kappa shape index (κ2) is 10.5. The van der Waals surface area contributed by atoms with Gasteiger partial charge in [0.05, 0.1) is 48.3 Å². The van der Waals surface area contributed by atoms with Gasteiger partial charge in [0.2, 0.25) is 11.9 Å². The molecule has 1 atom stereocenters. The lowest BCUT2D eigenvalue weighted by Crippen LogP contribution is -2.39.